The molecule has 13 heteroatoms. The molecule has 4 fully saturated rings. The van der Waals surface area contributed by atoms with E-state index in [1.165, 1.54) is 0 Å². The van der Waals surface area contributed by atoms with Crippen LogP contribution in [0.25, 0.3) is 0 Å². The molecule has 0 spiro atoms. The zero-order valence-electron chi connectivity index (χ0n) is 20.3. The summed E-state index contributed by atoms with van der Waals surface area (Å²) in [5, 5.41) is 9.87. The van der Waals surface area contributed by atoms with Gasteiger partial charge in [0.15, 0.2) is 0 Å². The van der Waals surface area contributed by atoms with E-state index < -0.39 is 59.4 Å². The van der Waals surface area contributed by atoms with E-state index in [9.17, 15) is 37.2 Å². The van der Waals surface area contributed by atoms with Crippen molar-refractivity contribution in [2.45, 2.75) is 88.8 Å². The van der Waals surface area contributed by atoms with Gasteiger partial charge < -0.3 is 24.4 Å². The second-order valence-electron chi connectivity index (χ2n) is 10.8. The first-order chi connectivity index (χ1) is 15.5. The number of rotatable bonds is 9. The fourth-order valence-corrected chi connectivity index (χ4v) is 5.95. The smallest absolute Gasteiger partial charge is 0.661 e. The molecule has 2 atom stereocenters. The molecule has 2 unspecified atom stereocenters. The second kappa shape index (κ2) is 10.4. The maximum Gasteiger partial charge on any atom is 1.00 e. The van der Waals surface area contributed by atoms with Crippen molar-refractivity contribution >= 4 is 17.9 Å². The van der Waals surface area contributed by atoms with Gasteiger partial charge in [-0.1, -0.05) is 0 Å². The number of halogens is 4. The van der Waals surface area contributed by atoms with E-state index in [1.54, 1.807) is 20.8 Å². The molecule has 4 bridgehead atoms. The standard InChI is InChI=1S/C22H30F4O8.Na/c1-18(2,3)33-15(27)11-32-20-9-13-6-14(10-20)8-19(7-13,12-20)16(28)31-5-4-21(23,24)22(25,26)17(29)34-30;/h13-14,30H,4-12H2,1-3H3;/q;+1/p-1. The SMILES string of the molecule is CC(C)(C)OC(=O)COC12CC3CC(C1)CC(C(=O)OCCC(F)(F)C(F)(F)C(=O)O[O-])(C3)C2.[Na+]. The third kappa shape index (κ3) is 6.49. The summed E-state index contributed by atoms with van der Waals surface area (Å²) in [4.78, 5) is 38.3. The number of carbonyl (C=O) groups is 3. The molecule has 4 aliphatic carbocycles. The zero-order valence-corrected chi connectivity index (χ0v) is 22.3. The Labute approximate surface area is 222 Å². The van der Waals surface area contributed by atoms with Crippen LogP contribution in [-0.4, -0.2) is 54.2 Å². The van der Waals surface area contributed by atoms with Gasteiger partial charge in [0.25, 0.3) is 0 Å². The Hall–Kier alpha value is -0.950. The van der Waals surface area contributed by atoms with Gasteiger partial charge in [0.2, 0.25) is 0 Å². The van der Waals surface area contributed by atoms with Gasteiger partial charge in [-0.3, -0.25) is 4.79 Å². The Morgan fingerprint density at radius 3 is 2.09 bits per heavy atom. The normalized spacial score (nSPS) is 29.8. The number of esters is 2. The molecule has 35 heavy (non-hydrogen) atoms. The van der Waals surface area contributed by atoms with Crippen LogP contribution < -0.4 is 34.8 Å². The van der Waals surface area contributed by atoms with Gasteiger partial charge in [-0.15, -0.1) is 0 Å². The molecule has 0 aliphatic heterocycles. The van der Waals surface area contributed by atoms with Gasteiger partial charge in [-0.05, 0) is 71.1 Å². The van der Waals surface area contributed by atoms with E-state index in [4.69, 9.17) is 14.2 Å². The topological polar surface area (TPSA) is 111 Å². The molecule has 194 valence electrons. The number of alkyl halides is 4. The number of hydrogen-bond donors (Lipinski definition) is 0. The largest absolute Gasteiger partial charge is 1.00 e. The van der Waals surface area contributed by atoms with Crippen LogP contribution in [0.15, 0.2) is 0 Å². The molecule has 0 amide bonds. The van der Waals surface area contributed by atoms with Crippen molar-refractivity contribution in [2.24, 2.45) is 17.3 Å². The van der Waals surface area contributed by atoms with Crippen LogP contribution in [0.2, 0.25) is 0 Å². The predicted molar refractivity (Wildman–Crippen MR) is 103 cm³/mol. The van der Waals surface area contributed by atoms with Crippen molar-refractivity contribution in [3.05, 3.63) is 0 Å². The summed E-state index contributed by atoms with van der Waals surface area (Å²) in [6.07, 6.45) is 1.62. The van der Waals surface area contributed by atoms with E-state index in [0.29, 0.717) is 25.7 Å². The van der Waals surface area contributed by atoms with Crippen LogP contribution in [-0.2, 0) is 33.5 Å². The van der Waals surface area contributed by atoms with Gasteiger partial charge in [-0.2, -0.15) is 17.6 Å². The number of hydrogen-bond acceptors (Lipinski definition) is 8. The molecular formula is C22H29F4NaO8. The predicted octanol–water partition coefficient (Wildman–Crippen LogP) is -0.290. The first kappa shape index (κ1) is 30.3. The van der Waals surface area contributed by atoms with E-state index in [0.717, 1.165) is 6.42 Å². The average molecular weight is 520 g/mol. The van der Waals surface area contributed by atoms with Gasteiger partial charge in [0, 0.05) is 0 Å². The summed E-state index contributed by atoms with van der Waals surface area (Å²) >= 11 is 0. The molecule has 4 saturated carbocycles. The Morgan fingerprint density at radius 1 is 1.00 bits per heavy atom. The molecule has 4 aliphatic rings. The molecule has 8 nitrogen and oxygen atoms in total. The molecule has 0 aromatic carbocycles. The van der Waals surface area contributed by atoms with Crippen molar-refractivity contribution in [1.82, 2.24) is 0 Å². The minimum Gasteiger partial charge on any atom is -0.661 e. The molecule has 0 aromatic rings. The van der Waals surface area contributed by atoms with Gasteiger partial charge in [-0.25, -0.2) is 9.59 Å². The van der Waals surface area contributed by atoms with Crippen molar-refractivity contribution in [3.63, 3.8) is 0 Å². The van der Waals surface area contributed by atoms with Crippen molar-refractivity contribution in [1.29, 1.82) is 0 Å². The summed E-state index contributed by atoms with van der Waals surface area (Å²) in [5.41, 5.74) is -2.46. The summed E-state index contributed by atoms with van der Waals surface area (Å²) in [6.45, 7) is 3.81. The maximum atomic E-state index is 13.8. The third-order valence-electron chi connectivity index (χ3n) is 6.80. The molecular weight excluding hydrogens is 491 g/mol. The fourth-order valence-electron chi connectivity index (χ4n) is 5.95. The quantitative estimate of drug-likeness (QED) is 0.134. The first-order valence-electron chi connectivity index (χ1n) is 11.2. The third-order valence-corrected chi connectivity index (χ3v) is 6.80. The van der Waals surface area contributed by atoms with Crippen LogP contribution in [0.3, 0.4) is 0 Å². The zero-order chi connectivity index (χ0) is 25.6. The first-order valence-corrected chi connectivity index (χ1v) is 11.2. The van der Waals surface area contributed by atoms with Crippen molar-refractivity contribution < 1.29 is 85.9 Å². The fraction of sp³-hybridized carbons (Fsp3) is 0.864. The average Bonchev–Trinajstić information content (AvgIpc) is 2.69. The van der Waals surface area contributed by atoms with Gasteiger partial charge in [0.05, 0.1) is 24.0 Å². The molecule has 0 N–H and O–H groups in total. The summed E-state index contributed by atoms with van der Waals surface area (Å²) in [6, 6.07) is 0. The molecule has 0 heterocycles. The van der Waals surface area contributed by atoms with Crippen molar-refractivity contribution in [2.75, 3.05) is 13.2 Å². The van der Waals surface area contributed by atoms with Gasteiger partial charge in [0.1, 0.15) is 12.2 Å². The monoisotopic (exact) mass is 520 g/mol. The summed E-state index contributed by atoms with van der Waals surface area (Å²) < 4.78 is 70.6. The minimum atomic E-state index is -5.35. The van der Waals surface area contributed by atoms with Crippen LogP contribution in [0.5, 0.6) is 0 Å². The van der Waals surface area contributed by atoms with Crippen LogP contribution in [0, 0.1) is 17.3 Å². The van der Waals surface area contributed by atoms with Crippen LogP contribution in [0.1, 0.15) is 65.7 Å². The molecule has 4 rings (SSSR count). The Kier molecular flexibility index (Phi) is 9.02. The molecule has 0 aromatic heterocycles. The second-order valence-corrected chi connectivity index (χ2v) is 10.8. The number of carbonyl (C=O) groups excluding carboxylic acids is 3. The number of ether oxygens (including phenoxy) is 3. The van der Waals surface area contributed by atoms with E-state index >= 15 is 0 Å². The Morgan fingerprint density at radius 2 is 1.57 bits per heavy atom. The Bertz CT molecular complexity index is 815. The maximum absolute atomic E-state index is 13.8. The van der Waals surface area contributed by atoms with E-state index in [-0.39, 0.29) is 54.4 Å². The van der Waals surface area contributed by atoms with E-state index in [1.807, 2.05) is 0 Å². The molecule has 0 radical (unpaired) electrons. The summed E-state index contributed by atoms with van der Waals surface area (Å²) in [7, 11) is 0. The van der Waals surface area contributed by atoms with Gasteiger partial charge >= 0.3 is 59.3 Å². The van der Waals surface area contributed by atoms with E-state index in [2.05, 4.69) is 4.89 Å². The summed E-state index contributed by atoms with van der Waals surface area (Å²) in [5.74, 6) is -14.3. The van der Waals surface area contributed by atoms with Crippen molar-refractivity contribution in [3.8, 4) is 0 Å². The molecule has 0 saturated heterocycles. The van der Waals surface area contributed by atoms with Crippen LogP contribution in [0.4, 0.5) is 17.6 Å². The minimum absolute atomic E-state index is 0. The Balaban J connectivity index is 0.00000432. The van der Waals surface area contributed by atoms with Crippen LogP contribution >= 0.6 is 0 Å².